The Labute approximate surface area is 79.2 Å². The summed E-state index contributed by atoms with van der Waals surface area (Å²) in [6.45, 7) is 0.687. The monoisotopic (exact) mass is 190 g/mol. The molecule has 4 nitrogen and oxygen atoms in total. The summed E-state index contributed by atoms with van der Waals surface area (Å²) in [7, 11) is 0. The minimum Gasteiger partial charge on any atom is -0.266 e. The summed E-state index contributed by atoms with van der Waals surface area (Å²) >= 11 is 1.44. The molecule has 0 unspecified atom stereocenters. The van der Waals surface area contributed by atoms with Crippen LogP contribution in [0.2, 0.25) is 0 Å². The molecule has 0 fully saturated rings. The topological polar surface area (TPSA) is 54.5 Å². The molecule has 2 rings (SSSR count). The average Bonchev–Trinajstić information content (AvgIpc) is 2.76. The summed E-state index contributed by atoms with van der Waals surface area (Å²) in [5.74, 6) is 0. The van der Waals surface area contributed by atoms with E-state index in [1.54, 1.807) is 23.3 Å². The number of hydrogen-bond donors (Lipinski definition) is 0. The fourth-order valence-electron chi connectivity index (χ4n) is 0.991. The van der Waals surface area contributed by atoms with Gasteiger partial charge in [-0.15, -0.1) is 0 Å². The summed E-state index contributed by atoms with van der Waals surface area (Å²) in [4.78, 5) is 1.13. The highest BCUT2D eigenvalue weighted by molar-refractivity contribution is 7.05. The Bertz CT molecular complexity index is 423. The van der Waals surface area contributed by atoms with Gasteiger partial charge in [0.15, 0.2) is 0 Å². The van der Waals surface area contributed by atoms with Crippen LogP contribution in [0.3, 0.4) is 0 Å². The fourth-order valence-corrected chi connectivity index (χ4v) is 1.56. The molecule has 0 amide bonds. The molecule has 0 radical (unpaired) electrons. The van der Waals surface area contributed by atoms with E-state index in [4.69, 9.17) is 5.26 Å². The molecule has 2 heterocycles. The zero-order chi connectivity index (χ0) is 9.10. The maximum atomic E-state index is 8.56. The highest BCUT2D eigenvalue weighted by atomic mass is 32.1. The molecule has 0 aromatic carbocycles. The Kier molecular flexibility index (Phi) is 2.06. The van der Waals surface area contributed by atoms with E-state index >= 15 is 0 Å². The SMILES string of the molecule is N#Cc1cnn(Cc2ccns2)c1. The van der Waals surface area contributed by atoms with Crippen LogP contribution in [-0.2, 0) is 6.54 Å². The summed E-state index contributed by atoms with van der Waals surface area (Å²) in [6.07, 6.45) is 5.04. The van der Waals surface area contributed by atoms with E-state index in [1.165, 1.54) is 11.5 Å². The normalized spacial score (nSPS) is 9.77. The predicted molar refractivity (Wildman–Crippen MR) is 48.2 cm³/mol. The van der Waals surface area contributed by atoms with E-state index in [1.807, 2.05) is 12.1 Å². The van der Waals surface area contributed by atoms with Crippen LogP contribution in [0.25, 0.3) is 0 Å². The molecular weight excluding hydrogens is 184 g/mol. The van der Waals surface area contributed by atoms with Gasteiger partial charge in [-0.25, -0.2) is 4.37 Å². The first kappa shape index (κ1) is 7.95. The van der Waals surface area contributed by atoms with Crippen molar-refractivity contribution in [3.8, 4) is 6.07 Å². The van der Waals surface area contributed by atoms with Crippen LogP contribution in [0.4, 0.5) is 0 Å². The third kappa shape index (κ3) is 1.73. The maximum absolute atomic E-state index is 8.56. The van der Waals surface area contributed by atoms with Gasteiger partial charge < -0.3 is 0 Å². The minimum atomic E-state index is 0.588. The van der Waals surface area contributed by atoms with Crippen molar-refractivity contribution in [3.05, 3.63) is 35.1 Å². The second-order valence-electron chi connectivity index (χ2n) is 2.52. The van der Waals surface area contributed by atoms with Gasteiger partial charge in [-0.1, -0.05) is 0 Å². The van der Waals surface area contributed by atoms with E-state index in [0.29, 0.717) is 12.1 Å². The van der Waals surface area contributed by atoms with Crippen molar-refractivity contribution in [2.24, 2.45) is 0 Å². The van der Waals surface area contributed by atoms with Gasteiger partial charge in [0.1, 0.15) is 6.07 Å². The quantitative estimate of drug-likeness (QED) is 0.716. The first-order valence-electron chi connectivity index (χ1n) is 3.70. The molecule has 5 heteroatoms. The van der Waals surface area contributed by atoms with E-state index in [2.05, 4.69) is 9.47 Å². The lowest BCUT2D eigenvalue weighted by atomic mass is 10.4. The molecule has 0 saturated carbocycles. The van der Waals surface area contributed by atoms with Crippen LogP contribution >= 0.6 is 11.5 Å². The number of hydrogen-bond acceptors (Lipinski definition) is 4. The Morgan fingerprint density at radius 3 is 3.15 bits per heavy atom. The van der Waals surface area contributed by atoms with Crippen LogP contribution in [0.5, 0.6) is 0 Å². The second kappa shape index (κ2) is 3.37. The molecule has 2 aromatic heterocycles. The number of nitriles is 1. The van der Waals surface area contributed by atoms with E-state index in [9.17, 15) is 0 Å². The lowest BCUT2D eigenvalue weighted by Crippen LogP contribution is -1.97. The minimum absolute atomic E-state index is 0.588. The second-order valence-corrected chi connectivity index (χ2v) is 3.43. The van der Waals surface area contributed by atoms with Gasteiger partial charge in [0.2, 0.25) is 0 Å². The average molecular weight is 190 g/mol. The summed E-state index contributed by atoms with van der Waals surface area (Å²) in [5, 5.41) is 12.6. The highest BCUT2D eigenvalue weighted by Crippen LogP contribution is 2.06. The van der Waals surface area contributed by atoms with Gasteiger partial charge in [0, 0.05) is 17.3 Å². The third-order valence-corrected chi connectivity index (χ3v) is 2.30. The molecule has 64 valence electrons. The van der Waals surface area contributed by atoms with Gasteiger partial charge in [0.05, 0.1) is 18.3 Å². The molecule has 13 heavy (non-hydrogen) atoms. The maximum Gasteiger partial charge on any atom is 0.102 e. The molecule has 2 aromatic rings. The van der Waals surface area contributed by atoms with E-state index in [-0.39, 0.29) is 0 Å². The van der Waals surface area contributed by atoms with Gasteiger partial charge in [-0.2, -0.15) is 10.4 Å². The molecule has 0 aliphatic heterocycles. The van der Waals surface area contributed by atoms with Crippen LogP contribution < -0.4 is 0 Å². The smallest absolute Gasteiger partial charge is 0.102 e. The zero-order valence-corrected chi connectivity index (χ0v) is 7.53. The number of aromatic nitrogens is 3. The van der Waals surface area contributed by atoms with Crippen LogP contribution in [0, 0.1) is 11.3 Å². The van der Waals surface area contributed by atoms with Crippen molar-refractivity contribution in [1.29, 1.82) is 5.26 Å². The Morgan fingerprint density at radius 2 is 2.54 bits per heavy atom. The Morgan fingerprint density at radius 1 is 1.62 bits per heavy atom. The summed E-state index contributed by atoms with van der Waals surface area (Å²) in [6, 6.07) is 3.97. The standard InChI is InChI=1S/C8H6N4S/c9-3-7-4-10-12(5-7)6-8-1-2-11-13-8/h1-2,4-5H,6H2. The van der Waals surface area contributed by atoms with Crippen molar-refractivity contribution in [3.63, 3.8) is 0 Å². The van der Waals surface area contributed by atoms with Gasteiger partial charge in [-0.05, 0) is 17.6 Å². The number of nitrogens with zero attached hydrogens (tertiary/aromatic N) is 4. The molecule has 0 saturated heterocycles. The van der Waals surface area contributed by atoms with Gasteiger partial charge in [-0.3, -0.25) is 4.68 Å². The first-order valence-corrected chi connectivity index (χ1v) is 4.48. The molecule has 0 N–H and O–H groups in total. The molecule has 0 spiro atoms. The van der Waals surface area contributed by atoms with Crippen LogP contribution in [-0.4, -0.2) is 14.2 Å². The fraction of sp³-hybridized carbons (Fsp3) is 0.125. The largest absolute Gasteiger partial charge is 0.266 e. The lowest BCUT2D eigenvalue weighted by molar-refractivity contribution is 0.694. The molecule has 0 aliphatic carbocycles. The number of rotatable bonds is 2. The van der Waals surface area contributed by atoms with Crippen LogP contribution in [0.1, 0.15) is 10.4 Å². The van der Waals surface area contributed by atoms with E-state index < -0.39 is 0 Å². The van der Waals surface area contributed by atoms with Crippen molar-refractivity contribution >= 4 is 11.5 Å². The van der Waals surface area contributed by atoms with Crippen molar-refractivity contribution < 1.29 is 0 Å². The lowest BCUT2D eigenvalue weighted by Gasteiger charge is -1.94. The Balaban J connectivity index is 2.15. The predicted octanol–water partition coefficient (Wildman–Crippen LogP) is 1.26. The summed E-state index contributed by atoms with van der Waals surface area (Å²) in [5.41, 5.74) is 0.588. The Hall–Kier alpha value is -1.67. The first-order chi connectivity index (χ1) is 6.38. The highest BCUT2D eigenvalue weighted by Gasteiger charge is 1.99. The van der Waals surface area contributed by atoms with Gasteiger partial charge >= 0.3 is 0 Å². The third-order valence-electron chi connectivity index (χ3n) is 1.57. The molecular formula is C8H6N4S. The molecule has 0 aliphatic rings. The van der Waals surface area contributed by atoms with Crippen molar-refractivity contribution in [2.75, 3.05) is 0 Å². The zero-order valence-electron chi connectivity index (χ0n) is 6.71. The van der Waals surface area contributed by atoms with Gasteiger partial charge in [0.25, 0.3) is 0 Å². The summed E-state index contributed by atoms with van der Waals surface area (Å²) < 4.78 is 5.71. The molecule has 0 atom stereocenters. The van der Waals surface area contributed by atoms with E-state index in [0.717, 1.165) is 4.88 Å². The molecule has 0 bridgehead atoms. The van der Waals surface area contributed by atoms with Crippen LogP contribution in [0.15, 0.2) is 24.7 Å². The van der Waals surface area contributed by atoms with Crippen molar-refractivity contribution in [2.45, 2.75) is 6.54 Å². The van der Waals surface area contributed by atoms with Crippen molar-refractivity contribution in [1.82, 2.24) is 14.2 Å².